The third kappa shape index (κ3) is 4.69. The molecule has 26 heavy (non-hydrogen) atoms. The van der Waals surface area contributed by atoms with Gasteiger partial charge in [0.05, 0.1) is 12.0 Å². The largest absolute Gasteiger partial charge is 0.361 e. The maximum absolute atomic E-state index is 14.3. The van der Waals surface area contributed by atoms with Crippen LogP contribution in [-0.2, 0) is 4.74 Å². The molecule has 3 rings (SSSR count). The summed E-state index contributed by atoms with van der Waals surface area (Å²) in [7, 11) is 0. The van der Waals surface area contributed by atoms with E-state index in [9.17, 15) is 8.78 Å². The number of halogens is 2. The molecule has 0 aromatic heterocycles. The molecule has 0 amide bonds. The molecule has 0 radical (unpaired) electrons. The number of unbranched alkanes of at least 4 members (excludes halogenated alkanes) is 1. The van der Waals surface area contributed by atoms with Crippen molar-refractivity contribution in [3.63, 3.8) is 0 Å². The van der Waals surface area contributed by atoms with Gasteiger partial charge in [0.25, 0.3) is 0 Å². The first-order chi connectivity index (χ1) is 12.5. The van der Waals surface area contributed by atoms with Crippen LogP contribution in [0, 0.1) is 29.6 Å². The van der Waals surface area contributed by atoms with Crippen LogP contribution in [0.5, 0.6) is 0 Å². The molecule has 2 saturated carbocycles. The van der Waals surface area contributed by atoms with E-state index in [2.05, 4.69) is 13.5 Å². The predicted octanol–water partition coefficient (Wildman–Crippen LogP) is 7.36. The van der Waals surface area contributed by atoms with Gasteiger partial charge in [-0.1, -0.05) is 57.9 Å². The summed E-state index contributed by atoms with van der Waals surface area (Å²) in [6.07, 6.45) is 13.9. The first-order valence-electron chi connectivity index (χ1n) is 11.2. The Balaban J connectivity index is 1.50. The van der Waals surface area contributed by atoms with Crippen molar-refractivity contribution in [2.24, 2.45) is 29.6 Å². The Bertz CT molecular complexity index is 433. The molecule has 3 aliphatic rings. The fourth-order valence-electron chi connectivity index (χ4n) is 5.87. The lowest BCUT2D eigenvalue weighted by atomic mass is 9.65. The van der Waals surface area contributed by atoms with E-state index in [4.69, 9.17) is 4.74 Å². The lowest BCUT2D eigenvalue weighted by Gasteiger charge is -2.53. The van der Waals surface area contributed by atoms with E-state index < -0.39 is 12.0 Å². The highest BCUT2D eigenvalue weighted by atomic mass is 19.3. The third-order valence-electron chi connectivity index (χ3n) is 7.54. The van der Waals surface area contributed by atoms with E-state index in [-0.39, 0.29) is 12.0 Å². The summed E-state index contributed by atoms with van der Waals surface area (Å²) >= 11 is 0. The maximum atomic E-state index is 14.3. The second kappa shape index (κ2) is 9.17. The highest BCUT2D eigenvalue weighted by Gasteiger charge is 2.62. The quantitative estimate of drug-likeness (QED) is 0.407. The topological polar surface area (TPSA) is 9.23 Å². The molecule has 0 unspecified atom stereocenters. The Labute approximate surface area is 159 Å². The third-order valence-corrected chi connectivity index (χ3v) is 7.54. The zero-order valence-corrected chi connectivity index (χ0v) is 16.6. The number of hydrogen-bond acceptors (Lipinski definition) is 1. The Morgan fingerprint density at radius 1 is 0.923 bits per heavy atom. The molecule has 0 N–H and O–H groups in total. The molecule has 2 aliphatic carbocycles. The van der Waals surface area contributed by atoms with Crippen LogP contribution < -0.4 is 0 Å². The van der Waals surface area contributed by atoms with E-state index in [0.717, 1.165) is 50.9 Å². The van der Waals surface area contributed by atoms with Crippen molar-refractivity contribution in [3.8, 4) is 0 Å². The minimum Gasteiger partial charge on any atom is -0.316 e. The lowest BCUT2D eigenvalue weighted by molar-refractivity contribution is -0.418. The van der Waals surface area contributed by atoms with Gasteiger partial charge >= 0.3 is 6.11 Å². The number of ether oxygens (including phenoxy) is 1. The van der Waals surface area contributed by atoms with Gasteiger partial charge in [0.2, 0.25) is 0 Å². The summed E-state index contributed by atoms with van der Waals surface area (Å²) in [4.78, 5) is 0. The van der Waals surface area contributed by atoms with Crippen molar-refractivity contribution in [3.05, 3.63) is 12.7 Å². The van der Waals surface area contributed by atoms with E-state index in [1.54, 1.807) is 0 Å². The predicted molar refractivity (Wildman–Crippen MR) is 103 cm³/mol. The van der Waals surface area contributed by atoms with Crippen LogP contribution in [0.15, 0.2) is 12.7 Å². The molecule has 2 atom stereocenters. The highest BCUT2D eigenvalue weighted by Crippen LogP contribution is 2.55. The lowest BCUT2D eigenvalue weighted by Crippen LogP contribution is -2.61. The van der Waals surface area contributed by atoms with Gasteiger partial charge in [0, 0.05) is 0 Å². The number of hydrogen-bond donors (Lipinski definition) is 0. The molecule has 3 fully saturated rings. The zero-order valence-electron chi connectivity index (χ0n) is 16.6. The van der Waals surface area contributed by atoms with Gasteiger partial charge < -0.3 is 4.74 Å². The standard InChI is InChI=1S/C23H38F2O/c1-3-5-7-17-9-13-19(14-10-17)21-22(26-23(21,24)25)20-15-11-18(12-16-20)8-6-4-2/h3,17-22H,1,4-16H2,2H3/t17-,18?,19-,20?,21-,22-/m0/s1. The molecule has 0 aromatic carbocycles. The van der Waals surface area contributed by atoms with Crippen molar-refractivity contribution in [2.45, 2.75) is 103 Å². The molecule has 1 aliphatic heterocycles. The second-order valence-electron chi connectivity index (χ2n) is 9.24. The van der Waals surface area contributed by atoms with Gasteiger partial charge in [-0.05, 0) is 62.2 Å². The molecular weight excluding hydrogens is 330 g/mol. The highest BCUT2D eigenvalue weighted by molar-refractivity contribution is 4.98. The minimum absolute atomic E-state index is 0.168. The van der Waals surface area contributed by atoms with Gasteiger partial charge in [-0.3, -0.25) is 0 Å². The van der Waals surface area contributed by atoms with E-state index in [1.807, 2.05) is 6.08 Å². The van der Waals surface area contributed by atoms with Crippen LogP contribution in [0.2, 0.25) is 0 Å². The normalized spacial score (nSPS) is 40.0. The van der Waals surface area contributed by atoms with Crippen LogP contribution in [0.3, 0.4) is 0 Å². The van der Waals surface area contributed by atoms with Crippen molar-refractivity contribution in [1.82, 2.24) is 0 Å². The Morgan fingerprint density at radius 3 is 2.04 bits per heavy atom. The fourth-order valence-corrected chi connectivity index (χ4v) is 5.87. The molecule has 0 spiro atoms. The smallest absolute Gasteiger partial charge is 0.316 e. The molecule has 0 bridgehead atoms. The van der Waals surface area contributed by atoms with Crippen LogP contribution in [0.25, 0.3) is 0 Å². The van der Waals surface area contributed by atoms with E-state index >= 15 is 0 Å². The Morgan fingerprint density at radius 2 is 1.50 bits per heavy atom. The van der Waals surface area contributed by atoms with Crippen LogP contribution in [0.4, 0.5) is 8.78 Å². The molecular formula is C23H38F2O. The second-order valence-corrected chi connectivity index (χ2v) is 9.24. The Hall–Kier alpha value is -0.440. The maximum Gasteiger partial charge on any atom is 0.361 e. The van der Waals surface area contributed by atoms with Gasteiger partial charge in [0.15, 0.2) is 0 Å². The summed E-state index contributed by atoms with van der Waals surface area (Å²) in [6.45, 7) is 6.04. The Kier molecular flexibility index (Phi) is 7.16. The monoisotopic (exact) mass is 368 g/mol. The molecule has 1 heterocycles. The van der Waals surface area contributed by atoms with E-state index in [0.29, 0.717) is 11.8 Å². The first kappa shape index (κ1) is 20.3. The van der Waals surface area contributed by atoms with Crippen molar-refractivity contribution in [2.75, 3.05) is 0 Å². The van der Waals surface area contributed by atoms with Crippen LogP contribution in [-0.4, -0.2) is 12.2 Å². The molecule has 1 nitrogen and oxygen atoms in total. The number of rotatable bonds is 8. The summed E-state index contributed by atoms with van der Waals surface area (Å²) in [5.74, 6) is 1.56. The number of allylic oxidation sites excluding steroid dienone is 1. The van der Waals surface area contributed by atoms with Gasteiger partial charge in [0.1, 0.15) is 0 Å². The molecule has 150 valence electrons. The SMILES string of the molecule is C=CCC[C@H]1CC[C@H]([C@H]2[C@H](C3CCC(CCCC)CC3)OC2(F)F)CC1. The minimum atomic E-state index is -2.87. The van der Waals surface area contributed by atoms with Gasteiger partial charge in [-0.25, -0.2) is 0 Å². The molecule has 3 heteroatoms. The number of alkyl halides is 2. The zero-order chi connectivity index (χ0) is 18.6. The first-order valence-corrected chi connectivity index (χ1v) is 11.2. The average Bonchev–Trinajstić information content (AvgIpc) is 2.64. The summed E-state index contributed by atoms with van der Waals surface area (Å²) < 4.78 is 33.8. The van der Waals surface area contributed by atoms with Crippen molar-refractivity contribution >= 4 is 0 Å². The van der Waals surface area contributed by atoms with Gasteiger partial charge in [-0.2, -0.15) is 8.78 Å². The summed E-state index contributed by atoms with van der Waals surface area (Å²) in [5.41, 5.74) is 0. The van der Waals surface area contributed by atoms with Crippen LogP contribution in [0.1, 0.15) is 90.4 Å². The van der Waals surface area contributed by atoms with Crippen LogP contribution >= 0.6 is 0 Å². The fraction of sp³-hybridized carbons (Fsp3) is 0.913. The van der Waals surface area contributed by atoms with E-state index in [1.165, 1.54) is 38.5 Å². The average molecular weight is 369 g/mol. The summed E-state index contributed by atoms with van der Waals surface area (Å²) in [5, 5.41) is 0. The van der Waals surface area contributed by atoms with Crippen molar-refractivity contribution in [1.29, 1.82) is 0 Å². The summed E-state index contributed by atoms with van der Waals surface area (Å²) in [6, 6.07) is 0. The molecule has 0 aromatic rings. The van der Waals surface area contributed by atoms with Crippen molar-refractivity contribution < 1.29 is 13.5 Å². The van der Waals surface area contributed by atoms with Gasteiger partial charge in [-0.15, -0.1) is 6.58 Å². The molecule has 1 saturated heterocycles.